The third kappa shape index (κ3) is 19.5. The Kier molecular flexibility index (Phi) is 33.6. The number of halogens is 3. The van der Waals surface area contributed by atoms with E-state index in [1.54, 1.807) is 21.1 Å². The summed E-state index contributed by atoms with van der Waals surface area (Å²) < 4.78 is 25.2. The number of thiazole rings is 1. The molecule has 16 nitrogen and oxygen atoms in total. The van der Waals surface area contributed by atoms with E-state index >= 15 is 0 Å². The zero-order valence-corrected chi connectivity index (χ0v) is 97.5. The predicted octanol–water partition coefficient (Wildman–Crippen LogP) is 14.1. The molecule has 0 spiro atoms. The van der Waals surface area contributed by atoms with Gasteiger partial charge in [0, 0.05) is 46.0 Å². The van der Waals surface area contributed by atoms with Gasteiger partial charge in [-0.25, -0.2) is 19.9 Å². The van der Waals surface area contributed by atoms with E-state index in [1.807, 2.05) is 97.3 Å². The largest absolute Gasteiger partial charge is 2.00 e. The summed E-state index contributed by atoms with van der Waals surface area (Å²) in [5.74, 6) is 1.20. The maximum absolute atomic E-state index is 6.08. The molecule has 15 heterocycles. The smallest absolute Gasteiger partial charge is 0.323 e. The summed E-state index contributed by atoms with van der Waals surface area (Å²) in [5.41, 5.74) is 19.2. The number of fused-ring (bicyclic) bond motifs is 40. The molecule has 0 radical (unpaired) electrons. The molecule has 0 fully saturated rings. The first kappa shape index (κ1) is 107. The molecule has 0 aliphatic carbocycles. The first-order chi connectivity index (χ1) is 65.1. The molecule has 0 atom stereocenters. The molecule has 0 bridgehead atoms. The van der Waals surface area contributed by atoms with Crippen molar-refractivity contribution in [3.63, 3.8) is 0 Å². The van der Waals surface area contributed by atoms with E-state index < -0.39 is 42.8 Å². The van der Waals surface area contributed by atoms with Crippen molar-refractivity contribution in [3.05, 3.63) is 334 Å². The standard InChI is InChI=1S/C21H16N3.C18H17N2OSi.2C18H17N2Si.C16H8N3S.C14H9N3.3C2H5.BrH.2ClH.2Li.2Mg.Sn.Zn/c1-13(2)14-7-8-19-17(11-14)15-5-3-4-6-16(15)21-23-18-9-10-22-12-20(18)24(19)21;1-22(2,3)21-17-12-20-16-11-7-6-9-14(16)13-8-4-5-10-15(13)18(20)19-17;1-21(2,3)17-12-19-18-15-10-5-4-8-13(15)14-9-6-7-11-16(14)20(17)18;1-21(2,3)16-10-6-9-14-13-7-4-5-8-15(13)18-19-11-12-20(18)17(14)16;1-2-7-12-10(5-1)11-6-3-4-8-13(11)19-15(12)18-14-16(19)20-9-17-14;1-2-5-11-10(4-1)12-6-3-7-15-13(12)17-9-8-16-14(11)17;3*1-2;;;;;;;;;/h3-5,7-13H,1-2H3;4-9,11-12H,1-3H3;4-9,11-12H,1-3H3;4-7,9-12H,1-3H3;1-6,8-9H;1-9H;3*1H2,2H3;3*1H;;;;;;/q2*-1;;2*-1;;;;;;;;2*+1;2*+2;;+2/p-2. The Morgan fingerprint density at radius 1 is 0.443 bits per heavy atom. The van der Waals surface area contributed by atoms with Crippen LogP contribution in [0.15, 0.2) is 304 Å². The SMILES string of the molecule is CC(C)c1ccc2c(c1)c1ccc[c-]c1c1nc3ccncc3n21.C[CH2][Sn]([CH2]C)([CH2]C)[c]1cccc2c3ccccc3n3c([Si](C)(C)C)cnc3c12.C[Si](C)(C)Oc1cn2c3ccccc3c3ccc[c-]c3c2n1.C[Si](C)(C)c1cccc2c3ccc[c-]c3c3nccn3c12.[Br-].[Cl-].[Cl][Zn+].[Li+].[Li+].[Mg+2].[Mg+2].[c-]1cccc2c1c1nc3ncsc3n1c1ccccc21.c1ccc2c(c1)c1ccc[nH+]c1n1ccnc21. The molecule has 26 rings (SSSR count). The van der Waals surface area contributed by atoms with Gasteiger partial charge in [0.2, 0.25) is 19.8 Å². The minimum absolute atomic E-state index is 0. The number of pyridine rings is 8. The fraction of sp³-hybridized carbons (Fsp3) is 0.162. The van der Waals surface area contributed by atoms with E-state index in [4.69, 9.17) is 29.1 Å². The molecule has 0 saturated heterocycles. The molecular weight excluding hydrogens is 2070 g/mol. The third-order valence-electron chi connectivity index (χ3n) is 26.2. The second-order valence-corrected chi connectivity index (χ2v) is 67.7. The van der Waals surface area contributed by atoms with Crippen LogP contribution in [0.2, 0.25) is 72.2 Å². The first-order valence-corrected chi connectivity index (χ1v) is 68.5. The molecule has 15 aromatic heterocycles. The minimum atomic E-state index is -2.43. The predicted molar refractivity (Wildman–Crippen MR) is 580 cm³/mol. The Balaban J connectivity index is 0.000000133. The molecule has 11 aromatic carbocycles. The summed E-state index contributed by atoms with van der Waals surface area (Å²) in [6.07, 6.45) is 17.6. The average Bonchev–Trinajstić information content (AvgIpc) is 1.51. The number of H-pyrrole nitrogens is 1. The van der Waals surface area contributed by atoms with Gasteiger partial charge in [-0.1, -0.05) is 140 Å². The van der Waals surface area contributed by atoms with Crippen molar-refractivity contribution in [2.45, 2.75) is 113 Å². The van der Waals surface area contributed by atoms with Gasteiger partial charge in [0.1, 0.15) is 11.0 Å². The summed E-state index contributed by atoms with van der Waals surface area (Å²) >= 11 is 0.0358. The van der Waals surface area contributed by atoms with Crippen LogP contribution in [0.25, 0.3) is 186 Å². The van der Waals surface area contributed by atoms with Crippen LogP contribution in [-0.2, 0) is 17.3 Å². The fourth-order valence-corrected chi connectivity index (χ4v) is 35.2. The normalized spacial score (nSPS) is 11.7. The van der Waals surface area contributed by atoms with Crippen LogP contribution in [0.1, 0.15) is 46.1 Å². The van der Waals surface area contributed by atoms with Gasteiger partial charge < -0.3 is 51.4 Å². The quantitative estimate of drug-likeness (QED) is 0.0781. The minimum Gasteiger partial charge on any atom is -0.323 e. The van der Waals surface area contributed by atoms with Crippen LogP contribution < -0.4 is 90.6 Å². The number of hydrogen-bond donors (Lipinski definition) is 0. The van der Waals surface area contributed by atoms with Crippen molar-refractivity contribution in [1.29, 1.82) is 0 Å². The van der Waals surface area contributed by atoms with E-state index in [-0.39, 0.29) is 113 Å². The number of aromatic amines is 1. The van der Waals surface area contributed by atoms with Gasteiger partial charge in [-0.15, -0.1) is 130 Å². The Morgan fingerprint density at radius 2 is 0.957 bits per heavy atom. The van der Waals surface area contributed by atoms with Gasteiger partial charge in [-0.05, 0) is 100 Å². The Labute approximate surface area is 911 Å². The van der Waals surface area contributed by atoms with E-state index in [0.717, 1.165) is 105 Å². The van der Waals surface area contributed by atoms with Crippen molar-refractivity contribution in [1.82, 2.24) is 66.3 Å². The summed E-state index contributed by atoms with van der Waals surface area (Å²) in [6.45, 7) is 32.7. The average molecular weight is 2170 g/mol. The first-order valence-electron chi connectivity index (χ1n) is 45.8. The van der Waals surface area contributed by atoms with Crippen molar-refractivity contribution < 1.29 is 93.8 Å². The van der Waals surface area contributed by atoms with E-state index in [9.17, 15) is 0 Å². The van der Waals surface area contributed by atoms with Crippen LogP contribution >= 0.6 is 21.0 Å². The summed E-state index contributed by atoms with van der Waals surface area (Å²) in [5, 5.41) is 24.8. The van der Waals surface area contributed by atoms with Crippen LogP contribution in [0.5, 0.6) is 5.88 Å². The number of hydrogen-bond acceptors (Lipinski definition) is 10. The molecule has 0 amide bonds. The monoisotopic (exact) mass is 2170 g/mol. The number of rotatable bonds is 9. The zero-order valence-electron chi connectivity index (χ0n) is 81.9. The molecule has 0 unspecified atom stereocenters. The molecule has 1 N–H and O–H groups in total. The molecule has 0 aliphatic heterocycles. The number of para-hydroxylation sites is 4. The molecule has 26 aromatic rings. The second kappa shape index (κ2) is 44.2. The summed E-state index contributed by atoms with van der Waals surface area (Å²) in [7, 11) is 0.127. The topological polar surface area (TPSA) is 153 Å². The second-order valence-electron chi connectivity index (χ2n) is 37.5. The maximum Gasteiger partial charge on any atom is 2.00 e. The fourth-order valence-electron chi connectivity index (χ4n) is 19.7. The number of nitrogens with one attached hydrogen (secondary N) is 1. The van der Waals surface area contributed by atoms with Crippen LogP contribution in [0, 0.1) is 24.3 Å². The molecule has 674 valence electrons. The van der Waals surface area contributed by atoms with Crippen LogP contribution in [0.3, 0.4) is 0 Å². The number of nitrogens with zero attached hydrogens (tertiary/aromatic N) is 14. The van der Waals surface area contributed by atoms with Crippen LogP contribution in [0.4, 0.5) is 0 Å². The number of benzene rings is 11. The van der Waals surface area contributed by atoms with Crippen LogP contribution in [-0.4, -0.2) is 155 Å². The molecular formula is C111H100BrCl2Li2Mg2N15OSSi3SnZn+2. The van der Waals surface area contributed by atoms with Gasteiger partial charge in [0.15, 0.2) is 5.65 Å². The Bertz CT molecular complexity index is 8890. The molecule has 0 saturated carbocycles. The Morgan fingerprint density at radius 3 is 1.58 bits per heavy atom. The molecule has 29 heteroatoms. The Hall–Kier alpha value is -9.21. The van der Waals surface area contributed by atoms with Gasteiger partial charge in [-0.2, -0.15) is 4.40 Å². The van der Waals surface area contributed by atoms with Crippen molar-refractivity contribution in [2.24, 2.45) is 0 Å². The number of aromatic nitrogens is 15. The van der Waals surface area contributed by atoms with Gasteiger partial charge in [-0.3, -0.25) is 19.9 Å². The summed E-state index contributed by atoms with van der Waals surface area (Å²) in [6, 6.07) is 98.7. The van der Waals surface area contributed by atoms with Crippen molar-refractivity contribution >= 4 is 310 Å². The van der Waals surface area contributed by atoms with Gasteiger partial charge in [0.05, 0.1) is 82.8 Å². The van der Waals surface area contributed by atoms with Gasteiger partial charge >= 0.3 is 285 Å². The number of imidazole rings is 6. The summed E-state index contributed by atoms with van der Waals surface area (Å²) in [4.78, 5) is 41.4. The van der Waals surface area contributed by atoms with E-state index in [0.29, 0.717) is 11.8 Å². The van der Waals surface area contributed by atoms with Crippen molar-refractivity contribution in [2.75, 3.05) is 0 Å². The van der Waals surface area contributed by atoms with E-state index in [1.165, 1.54) is 127 Å². The maximum atomic E-state index is 6.08. The van der Waals surface area contributed by atoms with Crippen molar-refractivity contribution in [3.8, 4) is 5.88 Å². The van der Waals surface area contributed by atoms with E-state index in [2.05, 4.69) is 375 Å². The zero-order chi connectivity index (χ0) is 92.6. The van der Waals surface area contributed by atoms with Gasteiger partial charge in [0.25, 0.3) is 5.65 Å². The molecule has 140 heavy (non-hydrogen) atoms. The molecule has 0 aliphatic rings. The third-order valence-corrected chi connectivity index (χ3v) is 47.7.